The van der Waals surface area contributed by atoms with Crippen molar-refractivity contribution < 1.29 is 0 Å². The first-order valence-corrected chi connectivity index (χ1v) is 35.3. The lowest BCUT2D eigenvalue weighted by Gasteiger charge is -2.44. The molecule has 4 aliphatic heterocycles. The van der Waals surface area contributed by atoms with Crippen LogP contribution in [0.15, 0.2) is 224 Å². The Kier molecular flexibility index (Phi) is 13.8. The SMILES string of the molecule is CC(C)(C)c1ccc(N2c3ccc(C(C)(C)C)cc3B3c4cc5c6cc7c(cc6n(-c6ccccc6)c5cc4N(c4ccc(C(C)(C)C)cc4)c4cccc2c43)N(c2ccc(C(C)(C)C)cc2)c2cccc3c2B7c2cc(C(C)(C)C)ccc2N3c2ccc(C(C)(C)C)cc2)cc1. The molecule has 16 rings (SSSR count). The predicted octanol–water partition coefficient (Wildman–Crippen LogP) is 20.7. The van der Waals surface area contributed by atoms with Crippen LogP contribution < -0.4 is 52.4 Å². The van der Waals surface area contributed by atoms with Crippen molar-refractivity contribution in [2.45, 2.75) is 157 Å². The van der Waals surface area contributed by atoms with E-state index in [4.69, 9.17) is 0 Å². The standard InChI is InChI=1S/C90H91B2N5/c1-85(2,3)56-30-40-63(41-31-56)93-73-48-38-60(89(13,14)15)50-69(73)91-71-52-67-68-53-72-82(55-80(68)97(62-24-20-19-21-25-62)79(67)54-81(71)95(77-28-22-26-75(93)83(77)91)65-44-34-58(35-45-65)87(7,8)9)96(66-46-36-59(37-47-66)88(10,11)12)78-29-23-27-76-84(78)92(72)70-51-61(90(16,17)18)39-49-74(70)94(76)64-42-32-57(33-43-64)86(4,5)6/h19-55H,1-18H3. The van der Waals surface area contributed by atoms with Gasteiger partial charge in [0.1, 0.15) is 0 Å². The Morgan fingerprint density at radius 2 is 0.485 bits per heavy atom. The maximum absolute atomic E-state index is 2.64. The third kappa shape index (κ3) is 10.0. The van der Waals surface area contributed by atoms with E-state index in [1.807, 2.05) is 0 Å². The number of para-hydroxylation sites is 1. The maximum atomic E-state index is 2.64. The van der Waals surface area contributed by atoms with Crippen molar-refractivity contribution in [3.8, 4) is 5.69 Å². The van der Waals surface area contributed by atoms with Gasteiger partial charge in [0.2, 0.25) is 0 Å². The van der Waals surface area contributed by atoms with Gasteiger partial charge >= 0.3 is 0 Å². The number of aromatic nitrogens is 1. The lowest BCUT2D eigenvalue weighted by atomic mass is 9.33. The van der Waals surface area contributed by atoms with Crippen molar-refractivity contribution in [2.75, 3.05) is 19.6 Å². The second-order valence-corrected chi connectivity index (χ2v) is 34.4. The molecule has 0 aliphatic carbocycles. The average Bonchev–Trinajstić information content (AvgIpc) is 1.52. The zero-order valence-electron chi connectivity index (χ0n) is 60.3. The fourth-order valence-corrected chi connectivity index (χ4v) is 16.2. The molecule has 0 bridgehead atoms. The fourth-order valence-electron chi connectivity index (χ4n) is 16.2. The largest absolute Gasteiger partial charge is 0.311 e. The van der Waals surface area contributed by atoms with Crippen LogP contribution in [0.3, 0.4) is 0 Å². The molecule has 0 N–H and O–H groups in total. The molecule has 97 heavy (non-hydrogen) atoms. The number of hydrogen-bond donors (Lipinski definition) is 0. The Balaban J connectivity index is 1.02. The number of nitrogens with zero attached hydrogens (tertiary/aromatic N) is 5. The van der Waals surface area contributed by atoms with Gasteiger partial charge in [0.05, 0.1) is 11.0 Å². The van der Waals surface area contributed by atoms with Gasteiger partial charge in [-0.2, -0.15) is 0 Å². The quantitative estimate of drug-likeness (QED) is 0.160. The number of fused-ring (bicyclic) bond motifs is 11. The van der Waals surface area contributed by atoms with Gasteiger partial charge in [-0.25, -0.2) is 0 Å². The molecule has 12 aromatic rings. The van der Waals surface area contributed by atoms with Crippen LogP contribution in [0.5, 0.6) is 0 Å². The monoisotopic (exact) mass is 1260 g/mol. The minimum atomic E-state index is -0.101. The van der Waals surface area contributed by atoms with Gasteiger partial charge in [0.25, 0.3) is 13.4 Å². The van der Waals surface area contributed by atoms with E-state index in [-0.39, 0.29) is 45.9 Å². The Bertz CT molecular complexity index is 4850. The van der Waals surface area contributed by atoms with Crippen LogP contribution in [-0.2, 0) is 32.5 Å². The lowest BCUT2D eigenvalue weighted by Crippen LogP contribution is -2.61. The minimum Gasteiger partial charge on any atom is -0.311 e. The molecule has 0 saturated heterocycles. The number of hydrogen-bond acceptors (Lipinski definition) is 4. The van der Waals surface area contributed by atoms with Crippen LogP contribution in [0, 0.1) is 0 Å². The summed E-state index contributed by atoms with van der Waals surface area (Å²) < 4.78 is 2.58. The highest BCUT2D eigenvalue weighted by molar-refractivity contribution is 7.01. The van der Waals surface area contributed by atoms with E-state index >= 15 is 0 Å². The molecule has 5 nitrogen and oxygen atoms in total. The number of anilines is 12. The zero-order valence-corrected chi connectivity index (χ0v) is 60.3. The van der Waals surface area contributed by atoms with Crippen molar-refractivity contribution in [3.63, 3.8) is 0 Å². The molecular weight excluding hydrogens is 1170 g/mol. The van der Waals surface area contributed by atoms with Gasteiger partial charge in [0, 0.05) is 84.7 Å². The molecule has 1 aromatic heterocycles. The summed E-state index contributed by atoms with van der Waals surface area (Å²) in [7, 11) is 0. The van der Waals surface area contributed by atoms with Crippen molar-refractivity contribution in [3.05, 3.63) is 258 Å². The normalized spacial score (nSPS) is 14.4. The Morgan fingerprint density at radius 1 is 0.216 bits per heavy atom. The van der Waals surface area contributed by atoms with Gasteiger partial charge in [-0.05, 0) is 208 Å². The molecule has 4 aliphatic rings. The molecule has 0 saturated carbocycles. The summed E-state index contributed by atoms with van der Waals surface area (Å²) >= 11 is 0. The second kappa shape index (κ2) is 21.5. The summed E-state index contributed by atoms with van der Waals surface area (Å²) in [4.78, 5) is 10.3. The third-order valence-electron chi connectivity index (χ3n) is 21.7. The van der Waals surface area contributed by atoms with Crippen molar-refractivity contribution >= 4 is 136 Å². The van der Waals surface area contributed by atoms with E-state index in [2.05, 4.69) is 373 Å². The predicted molar refractivity (Wildman–Crippen MR) is 421 cm³/mol. The number of benzene rings is 11. The first kappa shape index (κ1) is 62.4. The van der Waals surface area contributed by atoms with Crippen molar-refractivity contribution in [1.29, 1.82) is 0 Å². The summed E-state index contributed by atoms with van der Waals surface area (Å²) in [6.07, 6.45) is 0. The van der Waals surface area contributed by atoms with Crippen LogP contribution in [0.4, 0.5) is 68.2 Å². The average molecular weight is 1260 g/mol. The molecule has 7 heteroatoms. The van der Waals surface area contributed by atoms with Gasteiger partial charge in [0.15, 0.2) is 0 Å². The highest BCUT2D eigenvalue weighted by Gasteiger charge is 2.47. The van der Waals surface area contributed by atoms with E-state index in [1.165, 1.54) is 133 Å². The highest BCUT2D eigenvalue weighted by Crippen LogP contribution is 2.50. The van der Waals surface area contributed by atoms with Gasteiger partial charge in [-0.1, -0.05) is 240 Å². The summed E-state index contributed by atoms with van der Waals surface area (Å²) in [6.45, 7) is 41.7. The van der Waals surface area contributed by atoms with Gasteiger partial charge < -0.3 is 24.2 Å². The van der Waals surface area contributed by atoms with Gasteiger partial charge in [-0.15, -0.1) is 0 Å². The lowest BCUT2D eigenvalue weighted by molar-refractivity contribution is 0.590. The van der Waals surface area contributed by atoms with E-state index in [0.29, 0.717) is 0 Å². The minimum absolute atomic E-state index is 0.0143. The van der Waals surface area contributed by atoms with E-state index in [1.54, 1.807) is 0 Å². The summed E-state index contributed by atoms with van der Waals surface area (Å²) in [5.41, 5.74) is 33.3. The second-order valence-electron chi connectivity index (χ2n) is 34.4. The molecule has 0 atom stereocenters. The van der Waals surface area contributed by atoms with Crippen molar-refractivity contribution in [2.24, 2.45) is 0 Å². The first-order valence-electron chi connectivity index (χ1n) is 35.3. The summed E-state index contributed by atoms with van der Waals surface area (Å²) in [5, 5.41) is 2.47. The topological polar surface area (TPSA) is 17.9 Å². The summed E-state index contributed by atoms with van der Waals surface area (Å²) in [5.74, 6) is 0. The van der Waals surface area contributed by atoms with Gasteiger partial charge in [-0.3, -0.25) is 0 Å². The molecule has 0 fully saturated rings. The van der Waals surface area contributed by atoms with E-state index < -0.39 is 0 Å². The molecular formula is C90H91B2N5. The smallest absolute Gasteiger partial charge is 0.252 e. The number of rotatable bonds is 5. The van der Waals surface area contributed by atoms with Crippen molar-refractivity contribution in [1.82, 2.24) is 4.57 Å². The van der Waals surface area contributed by atoms with Crippen LogP contribution in [0.1, 0.15) is 158 Å². The Labute approximate surface area is 577 Å². The van der Waals surface area contributed by atoms with Crippen LogP contribution in [0.25, 0.3) is 27.5 Å². The fraction of sp³-hybridized carbons (Fsp3) is 0.267. The molecule has 0 amide bonds. The molecule has 5 heterocycles. The highest BCUT2D eigenvalue weighted by atomic mass is 15.2. The van der Waals surface area contributed by atoms with Crippen LogP contribution in [0.2, 0.25) is 0 Å². The molecule has 0 radical (unpaired) electrons. The van der Waals surface area contributed by atoms with E-state index in [9.17, 15) is 0 Å². The van der Waals surface area contributed by atoms with Crippen LogP contribution >= 0.6 is 0 Å². The first-order chi connectivity index (χ1) is 45.9. The molecule has 482 valence electrons. The molecule has 11 aromatic carbocycles. The maximum Gasteiger partial charge on any atom is 0.252 e. The zero-order chi connectivity index (χ0) is 67.9. The van der Waals surface area contributed by atoms with Crippen LogP contribution in [-0.4, -0.2) is 18.0 Å². The third-order valence-corrected chi connectivity index (χ3v) is 21.7. The van der Waals surface area contributed by atoms with E-state index in [0.717, 1.165) is 28.4 Å². The molecule has 0 spiro atoms. The molecule has 0 unspecified atom stereocenters. The summed E-state index contributed by atoms with van der Waals surface area (Å²) in [6, 6.07) is 88.1. The Morgan fingerprint density at radius 3 is 0.773 bits per heavy atom. The Hall–Kier alpha value is -9.45.